The fourth-order valence-electron chi connectivity index (χ4n) is 2.35. The van der Waals surface area contributed by atoms with E-state index in [1.165, 1.54) is 11.3 Å². The van der Waals surface area contributed by atoms with E-state index in [1.54, 1.807) is 4.90 Å². The molecule has 1 N–H and O–H groups in total. The fraction of sp³-hybridized carbons (Fsp3) is 0.714. The number of nitrogens with zero attached hydrogens (tertiary/aromatic N) is 2. The highest BCUT2D eigenvalue weighted by atomic mass is 32.1. The van der Waals surface area contributed by atoms with Gasteiger partial charge in [-0.05, 0) is 13.8 Å². The molecular formula is C14H22N2O3S. The van der Waals surface area contributed by atoms with Crippen LogP contribution in [0.1, 0.15) is 47.1 Å². The van der Waals surface area contributed by atoms with Crippen LogP contribution in [0, 0.1) is 6.92 Å². The average molecular weight is 298 g/mol. The fourth-order valence-corrected chi connectivity index (χ4v) is 3.38. The highest BCUT2D eigenvalue weighted by Gasteiger charge is 2.35. The van der Waals surface area contributed by atoms with Crippen molar-refractivity contribution in [1.29, 1.82) is 0 Å². The normalized spacial score (nSPS) is 22.5. The summed E-state index contributed by atoms with van der Waals surface area (Å²) in [5.41, 5.74) is 0.774. The van der Waals surface area contributed by atoms with Crippen LogP contribution in [-0.4, -0.2) is 52.8 Å². The number of aliphatic hydroxyl groups excluding tert-OH is 1. The second-order valence-corrected chi connectivity index (χ2v) is 6.42. The molecule has 0 saturated carbocycles. The predicted molar refractivity (Wildman–Crippen MR) is 78.3 cm³/mol. The second-order valence-electron chi connectivity index (χ2n) is 5.38. The minimum atomic E-state index is -0.600. The van der Waals surface area contributed by atoms with Gasteiger partial charge < -0.3 is 14.7 Å². The van der Waals surface area contributed by atoms with Crippen molar-refractivity contribution in [2.24, 2.45) is 0 Å². The maximum absolute atomic E-state index is 12.7. The van der Waals surface area contributed by atoms with Crippen molar-refractivity contribution >= 4 is 17.2 Å². The van der Waals surface area contributed by atoms with Crippen LogP contribution < -0.4 is 0 Å². The monoisotopic (exact) mass is 298 g/mol. The lowest BCUT2D eigenvalue weighted by Gasteiger charge is -2.28. The van der Waals surface area contributed by atoms with Crippen LogP contribution in [0.15, 0.2) is 0 Å². The molecule has 1 saturated heterocycles. The van der Waals surface area contributed by atoms with E-state index in [2.05, 4.69) is 18.8 Å². The van der Waals surface area contributed by atoms with Gasteiger partial charge in [0, 0.05) is 12.5 Å². The summed E-state index contributed by atoms with van der Waals surface area (Å²) in [7, 11) is 0. The zero-order valence-electron chi connectivity index (χ0n) is 12.4. The van der Waals surface area contributed by atoms with Gasteiger partial charge in [-0.3, -0.25) is 4.79 Å². The summed E-state index contributed by atoms with van der Waals surface area (Å²) in [4.78, 5) is 19.5. The summed E-state index contributed by atoms with van der Waals surface area (Å²) in [6.45, 7) is 9.17. The third-order valence-electron chi connectivity index (χ3n) is 3.52. The molecule has 2 heterocycles. The van der Waals surface area contributed by atoms with E-state index < -0.39 is 6.10 Å². The van der Waals surface area contributed by atoms with Gasteiger partial charge in [0.1, 0.15) is 4.88 Å². The molecule has 6 heteroatoms. The van der Waals surface area contributed by atoms with E-state index in [4.69, 9.17) is 4.74 Å². The van der Waals surface area contributed by atoms with Gasteiger partial charge in [0.25, 0.3) is 5.91 Å². The Bertz CT molecular complexity index is 487. The average Bonchev–Trinajstić information content (AvgIpc) is 2.97. The number of hydrogen-bond acceptors (Lipinski definition) is 5. The highest BCUT2D eigenvalue weighted by molar-refractivity contribution is 7.13. The van der Waals surface area contributed by atoms with Crippen molar-refractivity contribution in [3.63, 3.8) is 0 Å². The van der Waals surface area contributed by atoms with Crippen LogP contribution in [0.4, 0.5) is 0 Å². The predicted octanol–water partition coefficient (Wildman–Crippen LogP) is 1.80. The van der Waals surface area contributed by atoms with Crippen LogP contribution in [0.25, 0.3) is 0 Å². The van der Waals surface area contributed by atoms with E-state index >= 15 is 0 Å². The maximum Gasteiger partial charge on any atom is 0.266 e. The molecule has 5 nitrogen and oxygen atoms in total. The zero-order valence-corrected chi connectivity index (χ0v) is 13.2. The molecule has 0 aliphatic carbocycles. The number of rotatable bonds is 4. The van der Waals surface area contributed by atoms with Crippen LogP contribution in [0.3, 0.4) is 0 Å². The third-order valence-corrected chi connectivity index (χ3v) is 4.97. The Kier molecular flexibility index (Phi) is 4.78. The number of carbonyl (C=O) groups is 1. The smallest absolute Gasteiger partial charge is 0.266 e. The Morgan fingerprint density at radius 3 is 2.70 bits per heavy atom. The van der Waals surface area contributed by atoms with Crippen LogP contribution in [0.2, 0.25) is 0 Å². The molecule has 1 aliphatic heterocycles. The van der Waals surface area contributed by atoms with Crippen LogP contribution >= 0.6 is 11.3 Å². The van der Waals surface area contributed by atoms with E-state index in [0.29, 0.717) is 30.6 Å². The molecule has 0 unspecified atom stereocenters. The summed E-state index contributed by atoms with van der Waals surface area (Å²) in [6.07, 6.45) is -0.600. The van der Waals surface area contributed by atoms with Crippen molar-refractivity contribution in [3.05, 3.63) is 15.6 Å². The summed E-state index contributed by atoms with van der Waals surface area (Å²) in [5.74, 6) is 0.264. The molecule has 1 aromatic rings. The topological polar surface area (TPSA) is 62.7 Å². The van der Waals surface area contributed by atoms with Crippen molar-refractivity contribution in [2.75, 3.05) is 19.8 Å². The van der Waals surface area contributed by atoms with Crippen molar-refractivity contribution in [2.45, 2.75) is 45.8 Å². The van der Waals surface area contributed by atoms with Gasteiger partial charge in [-0.1, -0.05) is 13.8 Å². The number of aromatic nitrogens is 1. The first kappa shape index (κ1) is 15.4. The number of carbonyl (C=O) groups excluding carboxylic acids is 1. The SMILES string of the molecule is CCN(C(=O)c1sc(C(C)C)nc1C)[C@@H]1COC[C@H]1O. The van der Waals surface area contributed by atoms with Gasteiger partial charge in [0.05, 0.1) is 36.1 Å². The lowest BCUT2D eigenvalue weighted by Crippen LogP contribution is -2.46. The van der Waals surface area contributed by atoms with Crippen molar-refractivity contribution in [1.82, 2.24) is 9.88 Å². The minimum absolute atomic E-state index is 0.0519. The highest BCUT2D eigenvalue weighted by Crippen LogP contribution is 2.27. The zero-order chi connectivity index (χ0) is 14.9. The number of thiazole rings is 1. The van der Waals surface area contributed by atoms with Gasteiger partial charge in [-0.15, -0.1) is 11.3 Å². The summed E-state index contributed by atoms with van der Waals surface area (Å²) in [6, 6.07) is -0.253. The third kappa shape index (κ3) is 2.87. The first-order valence-electron chi connectivity index (χ1n) is 6.99. The van der Waals surface area contributed by atoms with E-state index in [-0.39, 0.29) is 11.9 Å². The number of ether oxygens (including phenoxy) is 1. The summed E-state index contributed by atoms with van der Waals surface area (Å²) >= 11 is 1.45. The molecule has 1 aromatic heterocycles. The molecule has 1 aliphatic rings. The Hall–Kier alpha value is -0.980. The van der Waals surface area contributed by atoms with E-state index in [0.717, 1.165) is 10.7 Å². The Labute approximate surface area is 123 Å². The van der Waals surface area contributed by atoms with Crippen molar-refractivity contribution in [3.8, 4) is 0 Å². The molecule has 0 spiro atoms. The van der Waals surface area contributed by atoms with Gasteiger partial charge in [0.2, 0.25) is 0 Å². The number of amides is 1. The summed E-state index contributed by atoms with van der Waals surface area (Å²) in [5, 5.41) is 10.9. The lowest BCUT2D eigenvalue weighted by atomic mass is 10.1. The second kappa shape index (κ2) is 6.20. The first-order valence-corrected chi connectivity index (χ1v) is 7.81. The van der Waals surface area contributed by atoms with Crippen LogP contribution in [0.5, 0.6) is 0 Å². The number of likely N-dealkylation sites (N-methyl/N-ethyl adjacent to an activating group) is 1. The molecule has 2 atom stereocenters. The first-order chi connectivity index (χ1) is 9.45. The Balaban J connectivity index is 2.24. The van der Waals surface area contributed by atoms with Crippen LogP contribution in [-0.2, 0) is 4.74 Å². The number of aliphatic hydroxyl groups is 1. The standard InChI is InChI=1S/C14H22N2O3S/c1-5-16(10-6-19-7-11(10)17)14(18)12-9(4)15-13(20-12)8(2)3/h8,10-11,17H,5-7H2,1-4H3/t10-,11-/m1/s1. The largest absolute Gasteiger partial charge is 0.388 e. The quantitative estimate of drug-likeness (QED) is 0.920. The molecule has 0 aromatic carbocycles. The van der Waals surface area contributed by atoms with Gasteiger partial charge in [-0.2, -0.15) is 0 Å². The number of hydrogen-bond donors (Lipinski definition) is 1. The Morgan fingerprint density at radius 2 is 2.25 bits per heavy atom. The van der Waals surface area contributed by atoms with E-state index in [1.807, 2.05) is 13.8 Å². The lowest BCUT2D eigenvalue weighted by molar-refractivity contribution is 0.0524. The van der Waals surface area contributed by atoms with Gasteiger partial charge >= 0.3 is 0 Å². The molecule has 112 valence electrons. The Morgan fingerprint density at radius 1 is 1.55 bits per heavy atom. The minimum Gasteiger partial charge on any atom is -0.388 e. The molecular weight excluding hydrogens is 276 g/mol. The summed E-state index contributed by atoms with van der Waals surface area (Å²) < 4.78 is 5.26. The van der Waals surface area contributed by atoms with Gasteiger partial charge in [-0.25, -0.2) is 4.98 Å². The molecule has 1 amide bonds. The number of aryl methyl sites for hydroxylation is 1. The molecule has 2 rings (SSSR count). The van der Waals surface area contributed by atoms with Crippen molar-refractivity contribution < 1.29 is 14.6 Å². The maximum atomic E-state index is 12.7. The van der Waals surface area contributed by atoms with E-state index in [9.17, 15) is 9.90 Å². The molecule has 1 fully saturated rings. The molecule has 20 heavy (non-hydrogen) atoms. The molecule has 0 radical (unpaired) electrons. The van der Waals surface area contributed by atoms with Gasteiger partial charge in [0.15, 0.2) is 0 Å². The molecule has 0 bridgehead atoms.